The summed E-state index contributed by atoms with van der Waals surface area (Å²) in [6.07, 6.45) is 0. The molecule has 0 spiro atoms. The topological polar surface area (TPSA) is 62.0 Å². The molecular weight excluding hydrogens is 252 g/mol. The standard InChI is InChI=1S/C16H14N2O2/c1-10(19)9-17-11-6-7-15-14(8-11)12-4-2-3-5-13(12)16(20)18-15/h2-8,17H,9H2,1H3,(H,18,20). The van der Waals surface area contributed by atoms with Crippen molar-refractivity contribution >= 4 is 33.1 Å². The molecule has 0 saturated heterocycles. The summed E-state index contributed by atoms with van der Waals surface area (Å²) in [5.41, 5.74) is 1.57. The van der Waals surface area contributed by atoms with Crippen molar-refractivity contribution in [2.45, 2.75) is 6.92 Å². The van der Waals surface area contributed by atoms with Crippen LogP contribution >= 0.6 is 0 Å². The Kier molecular flexibility index (Phi) is 2.99. The average molecular weight is 266 g/mol. The van der Waals surface area contributed by atoms with Gasteiger partial charge in [0.05, 0.1) is 6.54 Å². The van der Waals surface area contributed by atoms with Crippen LogP contribution in [0, 0.1) is 0 Å². The van der Waals surface area contributed by atoms with E-state index in [1.54, 1.807) is 6.92 Å². The highest BCUT2D eigenvalue weighted by Gasteiger charge is 2.05. The Labute approximate surface area is 115 Å². The Morgan fingerprint density at radius 1 is 1.10 bits per heavy atom. The highest BCUT2D eigenvalue weighted by molar-refractivity contribution is 6.06. The van der Waals surface area contributed by atoms with E-state index < -0.39 is 0 Å². The second kappa shape index (κ2) is 4.81. The maximum Gasteiger partial charge on any atom is 0.256 e. The van der Waals surface area contributed by atoms with Gasteiger partial charge in [-0.2, -0.15) is 0 Å². The number of aromatic nitrogens is 1. The van der Waals surface area contributed by atoms with E-state index in [1.165, 1.54) is 0 Å². The van der Waals surface area contributed by atoms with Gasteiger partial charge in [-0.1, -0.05) is 18.2 Å². The molecule has 3 rings (SSSR count). The van der Waals surface area contributed by atoms with Crippen LogP contribution < -0.4 is 10.9 Å². The zero-order valence-electron chi connectivity index (χ0n) is 11.1. The van der Waals surface area contributed by atoms with Crippen molar-refractivity contribution in [3.63, 3.8) is 0 Å². The molecule has 4 heteroatoms. The number of aromatic amines is 1. The fourth-order valence-corrected chi connectivity index (χ4v) is 2.32. The second-order valence-electron chi connectivity index (χ2n) is 4.82. The molecule has 2 aromatic carbocycles. The van der Waals surface area contributed by atoms with Crippen LogP contribution in [0.2, 0.25) is 0 Å². The lowest BCUT2D eigenvalue weighted by molar-refractivity contribution is -0.115. The van der Waals surface area contributed by atoms with E-state index in [4.69, 9.17) is 0 Å². The summed E-state index contributed by atoms with van der Waals surface area (Å²) in [5.74, 6) is 0.0800. The predicted molar refractivity (Wildman–Crippen MR) is 81.2 cm³/mol. The summed E-state index contributed by atoms with van der Waals surface area (Å²) in [6.45, 7) is 1.84. The van der Waals surface area contributed by atoms with E-state index in [0.29, 0.717) is 11.9 Å². The molecule has 0 aliphatic rings. The van der Waals surface area contributed by atoms with Gasteiger partial charge in [0, 0.05) is 22.0 Å². The number of carbonyl (C=O) groups excluding carboxylic acids is 1. The Hall–Kier alpha value is -2.62. The Morgan fingerprint density at radius 2 is 1.85 bits per heavy atom. The normalized spacial score (nSPS) is 10.8. The number of pyridine rings is 1. The molecule has 0 aliphatic heterocycles. The van der Waals surface area contributed by atoms with Crippen LogP contribution in [0.25, 0.3) is 21.7 Å². The summed E-state index contributed by atoms with van der Waals surface area (Å²) >= 11 is 0. The minimum absolute atomic E-state index is 0.0800. The lowest BCUT2D eigenvalue weighted by atomic mass is 10.1. The number of H-pyrrole nitrogens is 1. The number of Topliss-reactive ketones (excluding diaryl/α,β-unsaturated/α-hetero) is 1. The van der Waals surface area contributed by atoms with Crippen molar-refractivity contribution in [1.82, 2.24) is 4.98 Å². The van der Waals surface area contributed by atoms with Gasteiger partial charge in [-0.05, 0) is 36.6 Å². The van der Waals surface area contributed by atoms with Gasteiger partial charge < -0.3 is 10.3 Å². The van der Waals surface area contributed by atoms with E-state index in [-0.39, 0.29) is 11.3 Å². The third-order valence-corrected chi connectivity index (χ3v) is 3.27. The first-order valence-electron chi connectivity index (χ1n) is 6.43. The average Bonchev–Trinajstić information content (AvgIpc) is 2.46. The van der Waals surface area contributed by atoms with E-state index >= 15 is 0 Å². The third kappa shape index (κ3) is 2.16. The van der Waals surface area contributed by atoms with Crippen LogP contribution in [0.5, 0.6) is 0 Å². The van der Waals surface area contributed by atoms with Crippen molar-refractivity contribution in [3.8, 4) is 0 Å². The summed E-state index contributed by atoms with van der Waals surface area (Å²) in [7, 11) is 0. The molecule has 4 nitrogen and oxygen atoms in total. The lowest BCUT2D eigenvalue weighted by Crippen LogP contribution is -2.10. The number of hydrogen-bond donors (Lipinski definition) is 2. The Bertz CT molecular complexity index is 865. The number of ketones is 1. The molecule has 0 saturated carbocycles. The van der Waals surface area contributed by atoms with E-state index in [1.807, 2.05) is 42.5 Å². The van der Waals surface area contributed by atoms with Crippen molar-refractivity contribution in [2.24, 2.45) is 0 Å². The lowest BCUT2D eigenvalue weighted by Gasteiger charge is -2.08. The number of hydrogen-bond acceptors (Lipinski definition) is 3. The number of nitrogens with one attached hydrogen (secondary N) is 2. The monoisotopic (exact) mass is 266 g/mol. The zero-order valence-corrected chi connectivity index (χ0v) is 11.1. The minimum Gasteiger partial charge on any atom is -0.378 e. The molecule has 20 heavy (non-hydrogen) atoms. The van der Waals surface area contributed by atoms with Gasteiger partial charge >= 0.3 is 0 Å². The molecule has 2 N–H and O–H groups in total. The van der Waals surface area contributed by atoms with Crippen molar-refractivity contribution < 1.29 is 4.79 Å². The first kappa shape index (κ1) is 12.4. The number of fused-ring (bicyclic) bond motifs is 3. The molecule has 0 fully saturated rings. The Morgan fingerprint density at radius 3 is 2.60 bits per heavy atom. The molecule has 0 amide bonds. The third-order valence-electron chi connectivity index (χ3n) is 3.27. The molecule has 3 aromatic rings. The predicted octanol–water partition coefficient (Wildman–Crippen LogP) is 2.68. The highest BCUT2D eigenvalue weighted by Crippen LogP contribution is 2.24. The van der Waals surface area contributed by atoms with Gasteiger partial charge in [0.1, 0.15) is 5.78 Å². The number of anilines is 1. The molecule has 0 aliphatic carbocycles. The molecule has 1 heterocycles. The van der Waals surface area contributed by atoms with E-state index in [0.717, 1.165) is 22.0 Å². The highest BCUT2D eigenvalue weighted by atomic mass is 16.1. The zero-order chi connectivity index (χ0) is 14.1. The molecule has 0 unspecified atom stereocenters. The number of rotatable bonds is 3. The van der Waals surface area contributed by atoms with Crippen LogP contribution in [0.1, 0.15) is 6.92 Å². The van der Waals surface area contributed by atoms with Crippen LogP contribution in [-0.2, 0) is 4.79 Å². The van der Waals surface area contributed by atoms with Gasteiger partial charge in [0.25, 0.3) is 5.56 Å². The molecule has 0 radical (unpaired) electrons. The first-order chi connectivity index (χ1) is 9.65. The van der Waals surface area contributed by atoms with Crippen LogP contribution in [0.3, 0.4) is 0 Å². The van der Waals surface area contributed by atoms with Crippen LogP contribution in [-0.4, -0.2) is 17.3 Å². The summed E-state index contributed by atoms with van der Waals surface area (Å²) in [4.78, 5) is 25.9. The molecular formula is C16H14N2O2. The van der Waals surface area contributed by atoms with Gasteiger partial charge in [-0.15, -0.1) is 0 Å². The van der Waals surface area contributed by atoms with Crippen LogP contribution in [0.4, 0.5) is 5.69 Å². The quantitative estimate of drug-likeness (QED) is 0.716. The molecule has 0 atom stereocenters. The van der Waals surface area contributed by atoms with Gasteiger partial charge in [-0.3, -0.25) is 9.59 Å². The molecule has 1 aromatic heterocycles. The van der Waals surface area contributed by atoms with Gasteiger partial charge in [0.2, 0.25) is 0 Å². The summed E-state index contributed by atoms with van der Waals surface area (Å²) in [6, 6.07) is 13.2. The number of benzene rings is 2. The maximum absolute atomic E-state index is 12.0. The minimum atomic E-state index is -0.0856. The van der Waals surface area contributed by atoms with E-state index in [9.17, 15) is 9.59 Å². The van der Waals surface area contributed by atoms with Crippen molar-refractivity contribution in [1.29, 1.82) is 0 Å². The first-order valence-corrected chi connectivity index (χ1v) is 6.43. The molecule has 0 bridgehead atoms. The largest absolute Gasteiger partial charge is 0.378 e. The van der Waals surface area contributed by atoms with Gasteiger partial charge in [-0.25, -0.2) is 0 Å². The second-order valence-corrected chi connectivity index (χ2v) is 4.82. The van der Waals surface area contributed by atoms with Crippen molar-refractivity contribution in [3.05, 3.63) is 52.8 Å². The fourth-order valence-electron chi connectivity index (χ4n) is 2.32. The summed E-state index contributed by atoms with van der Waals surface area (Å²) in [5, 5.41) is 5.63. The Balaban J connectivity index is 2.22. The number of carbonyl (C=O) groups is 1. The van der Waals surface area contributed by atoms with Crippen molar-refractivity contribution in [2.75, 3.05) is 11.9 Å². The molecule has 100 valence electrons. The van der Waals surface area contributed by atoms with Gasteiger partial charge in [0.15, 0.2) is 0 Å². The van der Waals surface area contributed by atoms with Crippen LogP contribution in [0.15, 0.2) is 47.3 Å². The summed E-state index contributed by atoms with van der Waals surface area (Å²) < 4.78 is 0. The fraction of sp³-hybridized carbons (Fsp3) is 0.125. The van der Waals surface area contributed by atoms with E-state index in [2.05, 4.69) is 10.3 Å². The SMILES string of the molecule is CC(=O)CNc1ccc2[nH]c(=O)c3ccccc3c2c1. The maximum atomic E-state index is 12.0. The smallest absolute Gasteiger partial charge is 0.256 e.